The second-order valence-electron chi connectivity index (χ2n) is 2.34. The van der Waals surface area contributed by atoms with Crippen LogP contribution in [0.15, 0.2) is 12.3 Å². The van der Waals surface area contributed by atoms with Gasteiger partial charge in [-0.1, -0.05) is 0 Å². The Bertz CT molecular complexity index is 156. The maximum atomic E-state index is 10.7. The van der Waals surface area contributed by atoms with E-state index in [9.17, 15) is 4.79 Å². The van der Waals surface area contributed by atoms with Gasteiger partial charge in [-0.2, -0.15) is 0 Å². The van der Waals surface area contributed by atoms with E-state index in [4.69, 9.17) is 5.11 Å². The Morgan fingerprint density at radius 2 is 2.42 bits per heavy atom. The first kappa shape index (κ1) is 11.0. The van der Waals surface area contributed by atoms with E-state index >= 15 is 0 Å². The molecule has 0 saturated heterocycles. The smallest absolute Gasteiger partial charge is 0.332 e. The zero-order valence-corrected chi connectivity index (χ0v) is 7.41. The van der Waals surface area contributed by atoms with Crippen LogP contribution in [-0.4, -0.2) is 30.3 Å². The second-order valence-corrected chi connectivity index (χ2v) is 2.34. The Morgan fingerprint density at radius 1 is 1.75 bits per heavy atom. The van der Waals surface area contributed by atoms with Gasteiger partial charge in [0, 0.05) is 18.3 Å². The summed E-state index contributed by atoms with van der Waals surface area (Å²) in [6.07, 6.45) is 2.76. The summed E-state index contributed by atoms with van der Waals surface area (Å²) in [7, 11) is 0. The summed E-state index contributed by atoms with van der Waals surface area (Å²) in [5, 5.41) is 11.4. The molecule has 1 atom stereocenters. The summed E-state index contributed by atoms with van der Waals surface area (Å²) in [4.78, 5) is 10.7. The van der Waals surface area contributed by atoms with Gasteiger partial charge in [0.1, 0.15) is 0 Å². The third-order valence-electron chi connectivity index (χ3n) is 1.16. The van der Waals surface area contributed by atoms with Crippen LogP contribution in [-0.2, 0) is 9.53 Å². The molecule has 4 heteroatoms. The molecule has 0 rings (SSSR count). The molecular weight excluding hydrogens is 158 g/mol. The number of ether oxygens (including phenoxy) is 1. The summed E-state index contributed by atoms with van der Waals surface area (Å²) < 4.78 is 4.63. The molecule has 70 valence electrons. The first-order valence-corrected chi connectivity index (χ1v) is 3.91. The highest BCUT2D eigenvalue weighted by molar-refractivity contribution is 5.81. The number of hydrogen-bond acceptors (Lipinski definition) is 4. The Morgan fingerprint density at radius 3 is 2.92 bits per heavy atom. The molecule has 0 spiro atoms. The molecule has 0 aromatic carbocycles. The Kier molecular flexibility index (Phi) is 6.09. The number of carbonyl (C=O) groups is 1. The van der Waals surface area contributed by atoms with Crippen molar-refractivity contribution in [3.8, 4) is 0 Å². The number of carbonyl (C=O) groups excluding carboxylic acids is 1. The molecule has 0 aromatic rings. The summed E-state index contributed by atoms with van der Waals surface area (Å²) in [6, 6.07) is -0.0457. The number of nitrogens with one attached hydrogen (secondary N) is 1. The van der Waals surface area contributed by atoms with Gasteiger partial charge in [0.2, 0.25) is 0 Å². The molecule has 0 aliphatic carbocycles. The van der Waals surface area contributed by atoms with E-state index in [1.54, 1.807) is 13.8 Å². The minimum absolute atomic E-state index is 0.0349. The van der Waals surface area contributed by atoms with Gasteiger partial charge < -0.3 is 15.2 Å². The first-order chi connectivity index (χ1) is 5.70. The molecule has 0 aliphatic rings. The fourth-order valence-corrected chi connectivity index (χ4v) is 0.523. The van der Waals surface area contributed by atoms with Crippen molar-refractivity contribution in [2.45, 2.75) is 19.9 Å². The molecular formula is C8H15NO3. The van der Waals surface area contributed by atoms with Crippen LogP contribution in [0, 0.1) is 0 Å². The number of aliphatic hydroxyl groups is 1. The van der Waals surface area contributed by atoms with Crippen LogP contribution in [0.2, 0.25) is 0 Å². The van der Waals surface area contributed by atoms with Crippen LogP contribution in [0.4, 0.5) is 0 Å². The van der Waals surface area contributed by atoms with Gasteiger partial charge in [0.25, 0.3) is 0 Å². The fraction of sp³-hybridized carbons (Fsp3) is 0.625. The van der Waals surface area contributed by atoms with Crippen molar-refractivity contribution in [1.29, 1.82) is 0 Å². The van der Waals surface area contributed by atoms with E-state index in [2.05, 4.69) is 10.1 Å². The van der Waals surface area contributed by atoms with E-state index in [1.165, 1.54) is 12.3 Å². The van der Waals surface area contributed by atoms with E-state index < -0.39 is 0 Å². The second kappa shape index (κ2) is 6.67. The van der Waals surface area contributed by atoms with E-state index in [-0.39, 0.29) is 18.6 Å². The largest absolute Gasteiger partial charge is 0.463 e. The molecule has 0 amide bonds. The third-order valence-corrected chi connectivity index (χ3v) is 1.16. The normalized spacial score (nSPS) is 12.9. The summed E-state index contributed by atoms with van der Waals surface area (Å²) >= 11 is 0. The highest BCUT2D eigenvalue weighted by atomic mass is 16.5. The van der Waals surface area contributed by atoms with Gasteiger partial charge in [-0.3, -0.25) is 0 Å². The van der Waals surface area contributed by atoms with Crippen LogP contribution in [0.1, 0.15) is 13.8 Å². The predicted molar refractivity (Wildman–Crippen MR) is 45.5 cm³/mol. The van der Waals surface area contributed by atoms with Crippen molar-refractivity contribution in [3.05, 3.63) is 12.3 Å². The van der Waals surface area contributed by atoms with Gasteiger partial charge in [0.05, 0.1) is 13.2 Å². The van der Waals surface area contributed by atoms with Crippen molar-refractivity contribution in [2.24, 2.45) is 0 Å². The molecule has 0 aromatic heterocycles. The zero-order valence-electron chi connectivity index (χ0n) is 7.41. The average molecular weight is 173 g/mol. The van der Waals surface area contributed by atoms with Gasteiger partial charge in [-0.05, 0) is 13.8 Å². The molecule has 4 nitrogen and oxygen atoms in total. The van der Waals surface area contributed by atoms with Gasteiger partial charge in [-0.15, -0.1) is 0 Å². The molecule has 1 unspecified atom stereocenters. The quantitative estimate of drug-likeness (QED) is 0.455. The Hall–Kier alpha value is -1.03. The van der Waals surface area contributed by atoms with Crippen molar-refractivity contribution < 1.29 is 14.6 Å². The maximum Gasteiger partial charge on any atom is 0.332 e. The first-order valence-electron chi connectivity index (χ1n) is 3.91. The topological polar surface area (TPSA) is 58.6 Å². The summed E-state index contributed by atoms with van der Waals surface area (Å²) in [5.74, 6) is -0.380. The number of esters is 1. The number of rotatable bonds is 5. The maximum absolute atomic E-state index is 10.7. The Balaban J connectivity index is 3.54. The highest BCUT2D eigenvalue weighted by Crippen LogP contribution is 1.81. The van der Waals surface area contributed by atoms with Crippen LogP contribution >= 0.6 is 0 Å². The van der Waals surface area contributed by atoms with Crippen molar-refractivity contribution in [2.75, 3.05) is 13.2 Å². The van der Waals surface area contributed by atoms with Gasteiger partial charge in [-0.25, -0.2) is 4.79 Å². The molecule has 0 saturated carbocycles. The minimum atomic E-state index is -0.380. The SMILES string of the molecule is CCOC(=O)C=CNC(C)CO. The standard InChI is InChI=1S/C8H15NO3/c1-3-12-8(11)4-5-9-7(2)6-10/h4-5,7,9-10H,3,6H2,1-2H3. The Labute approximate surface area is 72.2 Å². The lowest BCUT2D eigenvalue weighted by molar-refractivity contribution is -0.137. The molecule has 12 heavy (non-hydrogen) atoms. The summed E-state index contributed by atoms with van der Waals surface area (Å²) in [6.45, 7) is 3.96. The zero-order chi connectivity index (χ0) is 9.40. The van der Waals surface area contributed by atoms with Gasteiger partial charge >= 0.3 is 5.97 Å². The lowest BCUT2D eigenvalue weighted by Crippen LogP contribution is -2.24. The fourth-order valence-electron chi connectivity index (χ4n) is 0.523. The molecule has 0 radical (unpaired) electrons. The van der Waals surface area contributed by atoms with Crippen LogP contribution in [0.3, 0.4) is 0 Å². The van der Waals surface area contributed by atoms with Crippen molar-refractivity contribution >= 4 is 5.97 Å². The number of hydrogen-bond donors (Lipinski definition) is 2. The third kappa shape index (κ3) is 5.73. The molecule has 0 fully saturated rings. The van der Waals surface area contributed by atoms with Crippen LogP contribution < -0.4 is 5.32 Å². The minimum Gasteiger partial charge on any atom is -0.463 e. The lowest BCUT2D eigenvalue weighted by atomic mass is 10.4. The van der Waals surface area contributed by atoms with Crippen molar-refractivity contribution in [1.82, 2.24) is 5.32 Å². The van der Waals surface area contributed by atoms with Crippen LogP contribution in [0.5, 0.6) is 0 Å². The van der Waals surface area contributed by atoms with Gasteiger partial charge in [0.15, 0.2) is 0 Å². The highest BCUT2D eigenvalue weighted by Gasteiger charge is 1.95. The van der Waals surface area contributed by atoms with E-state index in [1.807, 2.05) is 0 Å². The predicted octanol–water partition coefficient (Wildman–Crippen LogP) is 0.0336. The van der Waals surface area contributed by atoms with E-state index in [0.29, 0.717) is 6.61 Å². The van der Waals surface area contributed by atoms with Crippen LogP contribution in [0.25, 0.3) is 0 Å². The lowest BCUT2D eigenvalue weighted by Gasteiger charge is -2.05. The molecule has 2 N–H and O–H groups in total. The summed E-state index contributed by atoms with van der Waals surface area (Å²) in [5.41, 5.74) is 0. The molecule has 0 bridgehead atoms. The monoisotopic (exact) mass is 173 g/mol. The van der Waals surface area contributed by atoms with E-state index in [0.717, 1.165) is 0 Å². The average Bonchev–Trinajstić information content (AvgIpc) is 2.04. The molecule has 0 heterocycles. The molecule has 0 aliphatic heterocycles. The van der Waals surface area contributed by atoms with Crippen molar-refractivity contribution in [3.63, 3.8) is 0 Å². The number of aliphatic hydroxyl groups excluding tert-OH is 1.